The zero-order valence-electron chi connectivity index (χ0n) is 9.38. The predicted molar refractivity (Wildman–Crippen MR) is 59.5 cm³/mol. The molecule has 1 heterocycles. The molecule has 0 saturated heterocycles. The van der Waals surface area contributed by atoms with E-state index in [4.69, 9.17) is 5.11 Å². The Bertz CT molecular complexity index is 561. The van der Waals surface area contributed by atoms with E-state index in [0.29, 0.717) is 12.8 Å². The van der Waals surface area contributed by atoms with Gasteiger partial charge in [-0.1, -0.05) is 0 Å². The van der Waals surface area contributed by atoms with Gasteiger partial charge in [-0.25, -0.2) is 17.9 Å². The third-order valence-electron chi connectivity index (χ3n) is 2.98. The summed E-state index contributed by atoms with van der Waals surface area (Å²) in [4.78, 5) is 10.8. The number of H-pyrrole nitrogens is 1. The molecule has 0 unspecified atom stereocenters. The van der Waals surface area contributed by atoms with E-state index in [1.807, 2.05) is 0 Å². The lowest BCUT2D eigenvalue weighted by Gasteiger charge is -2.36. The molecule has 0 atom stereocenters. The first kappa shape index (κ1) is 13.0. The van der Waals surface area contributed by atoms with E-state index < -0.39 is 32.2 Å². The first-order valence-electron chi connectivity index (χ1n) is 5.33. The lowest BCUT2D eigenvalue weighted by Crippen LogP contribution is -2.47. The van der Waals surface area contributed by atoms with Crippen molar-refractivity contribution in [1.29, 1.82) is 0 Å². The number of aromatic amines is 1. The Balaban J connectivity index is 2.15. The quantitative estimate of drug-likeness (QED) is 0.561. The molecule has 8 nitrogen and oxygen atoms in total. The standard InChI is InChI=1S/C9H13N3O5S/c13-8(14)6-4-10-12-7(6)18(16,17)11-5-9(15)2-1-3-9/h4,11,15H,1-3,5H2,(H,10,12)(H,13,14). The number of carboxylic acid groups (broad SMARTS) is 1. The van der Waals surface area contributed by atoms with Crippen LogP contribution in [0.3, 0.4) is 0 Å². The monoisotopic (exact) mass is 275 g/mol. The summed E-state index contributed by atoms with van der Waals surface area (Å²) >= 11 is 0. The van der Waals surface area contributed by atoms with Gasteiger partial charge in [-0.15, -0.1) is 0 Å². The lowest BCUT2D eigenvalue weighted by atomic mass is 9.81. The average Bonchev–Trinajstić information content (AvgIpc) is 2.73. The van der Waals surface area contributed by atoms with E-state index in [1.165, 1.54) is 0 Å². The molecule has 0 amide bonds. The molecule has 1 aromatic heterocycles. The highest BCUT2D eigenvalue weighted by Crippen LogP contribution is 2.31. The first-order chi connectivity index (χ1) is 8.34. The van der Waals surface area contributed by atoms with Gasteiger partial charge in [0.15, 0.2) is 5.03 Å². The number of aliphatic hydroxyl groups is 1. The van der Waals surface area contributed by atoms with Crippen molar-refractivity contribution in [2.24, 2.45) is 0 Å². The van der Waals surface area contributed by atoms with Crippen LogP contribution in [-0.4, -0.2) is 46.9 Å². The fourth-order valence-corrected chi connectivity index (χ4v) is 2.90. The van der Waals surface area contributed by atoms with Crippen molar-refractivity contribution >= 4 is 16.0 Å². The minimum absolute atomic E-state index is 0.132. The number of hydrogen-bond acceptors (Lipinski definition) is 5. The van der Waals surface area contributed by atoms with Crippen molar-refractivity contribution in [1.82, 2.24) is 14.9 Å². The second kappa shape index (κ2) is 4.34. The summed E-state index contributed by atoms with van der Waals surface area (Å²) in [7, 11) is -4.01. The van der Waals surface area contributed by atoms with Crippen LogP contribution in [0.1, 0.15) is 29.6 Å². The number of aromatic carboxylic acids is 1. The second-order valence-corrected chi connectivity index (χ2v) is 6.02. The maximum atomic E-state index is 11.8. The van der Waals surface area contributed by atoms with Gasteiger partial charge in [0, 0.05) is 6.54 Å². The second-order valence-electron chi connectivity index (χ2n) is 4.32. The number of sulfonamides is 1. The molecular formula is C9H13N3O5S. The molecular weight excluding hydrogens is 262 g/mol. The zero-order valence-corrected chi connectivity index (χ0v) is 10.2. The van der Waals surface area contributed by atoms with Crippen molar-refractivity contribution in [3.8, 4) is 0 Å². The molecule has 1 aliphatic carbocycles. The number of nitrogens with zero attached hydrogens (tertiary/aromatic N) is 1. The maximum Gasteiger partial charge on any atom is 0.340 e. The Hall–Kier alpha value is -1.45. The van der Waals surface area contributed by atoms with E-state index in [9.17, 15) is 18.3 Å². The summed E-state index contributed by atoms with van der Waals surface area (Å²) < 4.78 is 25.9. The van der Waals surface area contributed by atoms with Crippen molar-refractivity contribution in [3.63, 3.8) is 0 Å². The van der Waals surface area contributed by atoms with E-state index in [0.717, 1.165) is 12.6 Å². The molecule has 0 aliphatic heterocycles. The van der Waals surface area contributed by atoms with Crippen molar-refractivity contribution in [2.45, 2.75) is 29.9 Å². The van der Waals surface area contributed by atoms with Gasteiger partial charge in [-0.3, -0.25) is 5.10 Å². The van der Waals surface area contributed by atoms with Crippen LogP contribution in [0.5, 0.6) is 0 Å². The lowest BCUT2D eigenvalue weighted by molar-refractivity contribution is -0.0271. The Morgan fingerprint density at radius 1 is 1.56 bits per heavy atom. The molecule has 0 spiro atoms. The summed E-state index contributed by atoms with van der Waals surface area (Å²) in [5.74, 6) is -1.38. The summed E-state index contributed by atoms with van der Waals surface area (Å²) in [5.41, 5.74) is -1.45. The normalized spacial score (nSPS) is 18.3. The van der Waals surface area contributed by atoms with Gasteiger partial charge in [-0.2, -0.15) is 5.10 Å². The van der Waals surface area contributed by atoms with Crippen molar-refractivity contribution in [2.75, 3.05) is 6.54 Å². The van der Waals surface area contributed by atoms with Gasteiger partial charge in [-0.05, 0) is 19.3 Å². The third-order valence-corrected chi connectivity index (χ3v) is 4.35. The highest BCUT2D eigenvalue weighted by Gasteiger charge is 2.36. The van der Waals surface area contributed by atoms with Crippen LogP contribution in [0.25, 0.3) is 0 Å². The molecule has 100 valence electrons. The molecule has 1 aliphatic rings. The molecule has 1 fully saturated rings. The Labute approximate surface area is 103 Å². The number of nitrogens with one attached hydrogen (secondary N) is 2. The number of aromatic nitrogens is 2. The average molecular weight is 275 g/mol. The molecule has 18 heavy (non-hydrogen) atoms. The number of rotatable bonds is 5. The number of hydrogen-bond donors (Lipinski definition) is 4. The molecule has 0 radical (unpaired) electrons. The van der Waals surface area contributed by atoms with Gasteiger partial charge < -0.3 is 10.2 Å². The van der Waals surface area contributed by atoms with Gasteiger partial charge in [0.1, 0.15) is 5.56 Å². The number of carbonyl (C=O) groups is 1. The van der Waals surface area contributed by atoms with Crippen molar-refractivity contribution in [3.05, 3.63) is 11.8 Å². The van der Waals surface area contributed by atoms with Crippen molar-refractivity contribution < 1.29 is 23.4 Å². The zero-order chi connectivity index (χ0) is 13.4. The summed E-state index contributed by atoms with van der Waals surface area (Å²) in [5, 5.41) is 23.6. The Morgan fingerprint density at radius 3 is 2.72 bits per heavy atom. The Morgan fingerprint density at radius 2 is 2.22 bits per heavy atom. The minimum atomic E-state index is -4.01. The van der Waals surface area contributed by atoms with Gasteiger partial charge >= 0.3 is 5.97 Å². The van der Waals surface area contributed by atoms with Crippen LogP contribution >= 0.6 is 0 Å². The van der Waals surface area contributed by atoms with Crippen LogP contribution in [0.15, 0.2) is 11.2 Å². The van der Waals surface area contributed by atoms with E-state index in [2.05, 4.69) is 14.9 Å². The van der Waals surface area contributed by atoms with E-state index in [1.54, 1.807) is 0 Å². The molecule has 9 heteroatoms. The smallest absolute Gasteiger partial charge is 0.340 e. The molecule has 2 rings (SSSR count). The molecule has 0 aromatic carbocycles. The van der Waals surface area contributed by atoms with Gasteiger partial charge in [0.05, 0.1) is 11.8 Å². The minimum Gasteiger partial charge on any atom is -0.478 e. The molecule has 4 N–H and O–H groups in total. The fourth-order valence-electron chi connectivity index (χ4n) is 1.69. The largest absolute Gasteiger partial charge is 0.478 e. The maximum absolute atomic E-state index is 11.8. The fraction of sp³-hybridized carbons (Fsp3) is 0.556. The Kier molecular flexibility index (Phi) is 3.13. The van der Waals surface area contributed by atoms with Crippen LogP contribution < -0.4 is 4.72 Å². The number of carboxylic acids is 1. The first-order valence-corrected chi connectivity index (χ1v) is 6.81. The molecule has 1 aromatic rings. The van der Waals surface area contributed by atoms with Crippen LogP contribution in [-0.2, 0) is 10.0 Å². The summed E-state index contributed by atoms with van der Waals surface area (Å²) in [6.07, 6.45) is 2.84. The topological polar surface area (TPSA) is 132 Å². The van der Waals surface area contributed by atoms with Gasteiger partial charge in [0.2, 0.25) is 0 Å². The summed E-state index contributed by atoms with van der Waals surface area (Å²) in [6.45, 7) is -0.132. The predicted octanol–water partition coefficient (Wildman–Crippen LogP) is -0.699. The highest BCUT2D eigenvalue weighted by molar-refractivity contribution is 7.89. The van der Waals surface area contributed by atoms with Gasteiger partial charge in [0.25, 0.3) is 10.0 Å². The SMILES string of the molecule is O=C(O)c1cn[nH]c1S(=O)(=O)NCC1(O)CCC1. The molecule has 1 saturated carbocycles. The highest BCUT2D eigenvalue weighted by atomic mass is 32.2. The van der Waals surface area contributed by atoms with E-state index in [-0.39, 0.29) is 6.54 Å². The molecule has 0 bridgehead atoms. The summed E-state index contributed by atoms with van der Waals surface area (Å²) in [6, 6.07) is 0. The third kappa shape index (κ3) is 2.37. The van der Waals surface area contributed by atoms with Crippen LogP contribution in [0.2, 0.25) is 0 Å². The van der Waals surface area contributed by atoms with E-state index >= 15 is 0 Å². The van der Waals surface area contributed by atoms with Crippen LogP contribution in [0, 0.1) is 0 Å². The van der Waals surface area contributed by atoms with Crippen LogP contribution in [0.4, 0.5) is 0 Å².